The summed E-state index contributed by atoms with van der Waals surface area (Å²) in [7, 11) is 0. The molecule has 0 radical (unpaired) electrons. The highest BCUT2D eigenvalue weighted by Crippen LogP contribution is 2.20. The molecule has 0 atom stereocenters. The van der Waals surface area contributed by atoms with Crippen LogP contribution in [0.2, 0.25) is 5.02 Å². The molecule has 84 valence electrons. The minimum atomic E-state index is -0.724. The van der Waals surface area contributed by atoms with Crippen LogP contribution in [0.4, 0.5) is 5.82 Å². The average Bonchev–Trinajstić information content (AvgIpc) is 2.56. The number of aromatic nitrogens is 2. The van der Waals surface area contributed by atoms with Crippen LogP contribution in [0.15, 0.2) is 6.20 Å². The summed E-state index contributed by atoms with van der Waals surface area (Å²) < 4.78 is 1.08. The van der Waals surface area contributed by atoms with E-state index in [0.29, 0.717) is 0 Å². The van der Waals surface area contributed by atoms with Crippen molar-refractivity contribution in [2.24, 2.45) is 0 Å². The molecule has 0 aliphatic heterocycles. The number of rotatable bonds is 4. The first kappa shape index (κ1) is 12.0. The van der Waals surface area contributed by atoms with Crippen molar-refractivity contribution in [1.82, 2.24) is 15.1 Å². The standard InChI is InChI=1S/C8H7ClN4O3/c1-2-3-10-7(14)5-12-4-6(9)8(11-12)13(15)16/h1,4H,3,5H2,(H,10,14). The lowest BCUT2D eigenvalue weighted by Crippen LogP contribution is -2.27. The van der Waals surface area contributed by atoms with Gasteiger partial charge in [-0.3, -0.25) is 4.79 Å². The van der Waals surface area contributed by atoms with Crippen molar-refractivity contribution in [2.75, 3.05) is 6.54 Å². The number of nitrogens with zero attached hydrogens (tertiary/aromatic N) is 3. The van der Waals surface area contributed by atoms with Crippen LogP contribution in [0.5, 0.6) is 0 Å². The third kappa shape index (κ3) is 2.96. The molecule has 0 aromatic carbocycles. The molecule has 1 rings (SSSR count). The Morgan fingerprint density at radius 3 is 3.00 bits per heavy atom. The SMILES string of the molecule is C#CCNC(=O)Cn1cc(Cl)c([N+](=O)[O-])n1. The molecule has 16 heavy (non-hydrogen) atoms. The first-order valence-electron chi connectivity index (χ1n) is 4.12. The molecule has 7 nitrogen and oxygen atoms in total. The van der Waals surface area contributed by atoms with Crippen LogP contribution < -0.4 is 5.32 Å². The topological polar surface area (TPSA) is 90.1 Å². The largest absolute Gasteiger partial charge is 0.408 e. The van der Waals surface area contributed by atoms with Crippen molar-refractivity contribution >= 4 is 23.3 Å². The van der Waals surface area contributed by atoms with Crippen molar-refractivity contribution in [1.29, 1.82) is 0 Å². The van der Waals surface area contributed by atoms with Crippen LogP contribution >= 0.6 is 11.6 Å². The number of halogens is 1. The lowest BCUT2D eigenvalue weighted by Gasteiger charge is -1.97. The molecule has 1 heterocycles. The maximum atomic E-state index is 11.2. The molecule has 0 spiro atoms. The summed E-state index contributed by atoms with van der Waals surface area (Å²) >= 11 is 5.54. The second-order valence-electron chi connectivity index (χ2n) is 2.74. The summed E-state index contributed by atoms with van der Waals surface area (Å²) in [5.74, 6) is 1.35. The number of amides is 1. The number of terminal acetylenes is 1. The normalized spacial score (nSPS) is 9.50. The van der Waals surface area contributed by atoms with Crippen molar-refractivity contribution in [2.45, 2.75) is 6.54 Å². The quantitative estimate of drug-likeness (QED) is 0.464. The molecule has 0 aliphatic carbocycles. The van der Waals surface area contributed by atoms with E-state index in [4.69, 9.17) is 18.0 Å². The molecule has 1 N–H and O–H groups in total. The first-order valence-corrected chi connectivity index (χ1v) is 4.50. The predicted octanol–water partition coefficient (Wildman–Crippen LogP) is 0.194. The smallest absolute Gasteiger partial charge is 0.358 e. The lowest BCUT2D eigenvalue weighted by molar-refractivity contribution is -0.389. The van der Waals surface area contributed by atoms with Crippen LogP contribution in [-0.2, 0) is 11.3 Å². The van der Waals surface area contributed by atoms with Gasteiger partial charge in [0.15, 0.2) is 5.02 Å². The van der Waals surface area contributed by atoms with Gasteiger partial charge in [-0.2, -0.15) is 4.68 Å². The number of nitro groups is 1. The molecule has 0 unspecified atom stereocenters. The second-order valence-corrected chi connectivity index (χ2v) is 3.14. The highest BCUT2D eigenvalue weighted by atomic mass is 35.5. The van der Waals surface area contributed by atoms with E-state index in [9.17, 15) is 14.9 Å². The van der Waals surface area contributed by atoms with Crippen LogP contribution in [0, 0.1) is 22.5 Å². The van der Waals surface area contributed by atoms with Gasteiger partial charge in [0, 0.05) is 0 Å². The van der Waals surface area contributed by atoms with Gasteiger partial charge >= 0.3 is 5.82 Å². The van der Waals surface area contributed by atoms with Gasteiger partial charge in [0.25, 0.3) is 0 Å². The van der Waals surface area contributed by atoms with Gasteiger partial charge in [0.2, 0.25) is 5.91 Å². The number of hydrogen-bond donors (Lipinski definition) is 1. The first-order chi connectivity index (χ1) is 7.54. The van der Waals surface area contributed by atoms with Crippen LogP contribution in [0.25, 0.3) is 0 Å². The Labute approximate surface area is 95.5 Å². The van der Waals surface area contributed by atoms with E-state index in [1.165, 1.54) is 6.20 Å². The summed E-state index contributed by atoms with van der Waals surface area (Å²) in [6.45, 7) is -0.0782. The van der Waals surface area contributed by atoms with E-state index in [2.05, 4.69) is 16.3 Å². The lowest BCUT2D eigenvalue weighted by atomic mass is 10.5. The number of hydrogen-bond acceptors (Lipinski definition) is 4. The summed E-state index contributed by atoms with van der Waals surface area (Å²) in [6.07, 6.45) is 6.14. The highest BCUT2D eigenvalue weighted by Gasteiger charge is 2.19. The van der Waals surface area contributed by atoms with E-state index in [1.807, 2.05) is 0 Å². The molecule has 0 saturated heterocycles. The zero-order valence-electron chi connectivity index (χ0n) is 8.01. The molecule has 8 heteroatoms. The molecule has 1 amide bonds. The van der Waals surface area contributed by atoms with Gasteiger partial charge in [0.1, 0.15) is 6.54 Å². The van der Waals surface area contributed by atoms with Gasteiger partial charge in [-0.15, -0.1) is 6.42 Å². The van der Waals surface area contributed by atoms with Gasteiger partial charge in [-0.1, -0.05) is 17.5 Å². The molecule has 0 bridgehead atoms. The van der Waals surface area contributed by atoms with Crippen molar-refractivity contribution in [3.63, 3.8) is 0 Å². The molecular weight excluding hydrogens is 236 g/mol. The fourth-order valence-corrected chi connectivity index (χ4v) is 1.16. The van der Waals surface area contributed by atoms with Crippen LogP contribution in [0.1, 0.15) is 0 Å². The molecule has 0 aliphatic rings. The number of nitrogens with one attached hydrogen (secondary N) is 1. The summed E-state index contributed by atoms with van der Waals surface area (Å²) in [6, 6.07) is 0. The van der Waals surface area contributed by atoms with E-state index in [0.717, 1.165) is 4.68 Å². The fourth-order valence-electron chi connectivity index (χ4n) is 0.944. The monoisotopic (exact) mass is 242 g/mol. The predicted molar refractivity (Wildman–Crippen MR) is 55.7 cm³/mol. The summed E-state index contributed by atoms with van der Waals surface area (Å²) in [5, 5.41) is 16.2. The van der Waals surface area contributed by atoms with Crippen molar-refractivity contribution in [3.8, 4) is 12.3 Å². The maximum Gasteiger partial charge on any atom is 0.408 e. The molecule has 0 fully saturated rings. The second kappa shape index (κ2) is 5.14. The Morgan fingerprint density at radius 1 is 1.81 bits per heavy atom. The Balaban J connectivity index is 2.69. The zero-order chi connectivity index (χ0) is 12.1. The maximum absolute atomic E-state index is 11.2. The highest BCUT2D eigenvalue weighted by molar-refractivity contribution is 6.32. The third-order valence-electron chi connectivity index (χ3n) is 1.57. The number of carbonyl (C=O) groups is 1. The van der Waals surface area contributed by atoms with E-state index in [1.54, 1.807) is 0 Å². The van der Waals surface area contributed by atoms with Gasteiger partial charge in [-0.25, -0.2) is 0 Å². The van der Waals surface area contributed by atoms with Gasteiger partial charge in [-0.05, 0) is 4.92 Å². The summed E-state index contributed by atoms with van der Waals surface area (Å²) in [4.78, 5) is 20.9. The average molecular weight is 243 g/mol. The molecule has 0 saturated carbocycles. The van der Waals surface area contributed by atoms with Gasteiger partial charge < -0.3 is 15.4 Å². The summed E-state index contributed by atoms with van der Waals surface area (Å²) in [5.41, 5.74) is 0. The fraction of sp³-hybridized carbons (Fsp3) is 0.250. The zero-order valence-corrected chi connectivity index (χ0v) is 8.77. The minimum Gasteiger partial charge on any atom is -0.358 e. The molecule has 1 aromatic heterocycles. The Kier molecular flexibility index (Phi) is 3.85. The van der Waals surface area contributed by atoms with Crippen molar-refractivity contribution in [3.05, 3.63) is 21.3 Å². The van der Waals surface area contributed by atoms with Crippen LogP contribution in [0.3, 0.4) is 0 Å². The molecule has 1 aromatic rings. The Hall–Kier alpha value is -2.07. The van der Waals surface area contributed by atoms with E-state index < -0.39 is 16.6 Å². The van der Waals surface area contributed by atoms with E-state index in [-0.39, 0.29) is 18.1 Å². The Morgan fingerprint density at radius 2 is 2.50 bits per heavy atom. The van der Waals surface area contributed by atoms with Crippen LogP contribution in [-0.4, -0.2) is 27.2 Å². The van der Waals surface area contributed by atoms with Gasteiger partial charge in [0.05, 0.1) is 17.8 Å². The number of carbonyl (C=O) groups excluding carboxylic acids is 1. The minimum absolute atomic E-state index is 0.0932. The van der Waals surface area contributed by atoms with Crippen molar-refractivity contribution < 1.29 is 9.72 Å². The van der Waals surface area contributed by atoms with E-state index >= 15 is 0 Å². The Bertz CT molecular complexity index is 462. The third-order valence-corrected chi connectivity index (χ3v) is 1.83. The molecular formula is C8H7ClN4O3.